The lowest BCUT2D eigenvalue weighted by Gasteiger charge is -2.23. The van der Waals surface area contributed by atoms with E-state index in [2.05, 4.69) is 70.7 Å². The maximum absolute atomic E-state index is 6.20. The van der Waals surface area contributed by atoms with E-state index >= 15 is 0 Å². The van der Waals surface area contributed by atoms with Gasteiger partial charge in [-0.15, -0.1) is 0 Å². The third kappa shape index (κ3) is 5.82. The Morgan fingerprint density at radius 2 is 1.57 bits per heavy atom. The minimum atomic E-state index is 0.811. The van der Waals surface area contributed by atoms with Gasteiger partial charge in [-0.1, -0.05) is 32.9 Å². The molecule has 4 aromatic rings. The van der Waals surface area contributed by atoms with Crippen LogP contribution in [0.5, 0.6) is 0 Å². The van der Waals surface area contributed by atoms with Gasteiger partial charge in [0.1, 0.15) is 0 Å². The molecule has 2 aromatic heterocycles. The first-order chi connectivity index (χ1) is 17.0. The zero-order valence-corrected chi connectivity index (χ0v) is 21.7. The third-order valence-corrected chi connectivity index (χ3v) is 7.10. The van der Waals surface area contributed by atoms with Crippen molar-refractivity contribution >= 4 is 33.2 Å². The number of para-hydroxylation sites is 1. The summed E-state index contributed by atoms with van der Waals surface area (Å²) in [6, 6.07) is 12.5. The molecular weight excluding hydrogens is 432 g/mol. The number of nitrogens with one attached hydrogen (secondary N) is 1. The molecular formula is C29H42N6. The fourth-order valence-electron chi connectivity index (χ4n) is 5.23. The predicted molar refractivity (Wildman–Crippen MR) is 151 cm³/mol. The Bertz CT molecular complexity index is 1240. The van der Waals surface area contributed by atoms with E-state index < -0.39 is 0 Å². The number of hydrogen-bond donors (Lipinski definition) is 3. The van der Waals surface area contributed by atoms with Gasteiger partial charge in [0, 0.05) is 47.5 Å². The van der Waals surface area contributed by atoms with Crippen molar-refractivity contribution in [3.05, 3.63) is 59.9 Å². The second-order valence-electron chi connectivity index (χ2n) is 9.68. The van der Waals surface area contributed by atoms with Crippen molar-refractivity contribution in [1.29, 1.82) is 0 Å². The molecule has 2 aromatic carbocycles. The van der Waals surface area contributed by atoms with Crippen LogP contribution in [0.3, 0.4) is 0 Å². The van der Waals surface area contributed by atoms with Crippen LogP contribution in [-0.2, 0) is 19.5 Å². The summed E-state index contributed by atoms with van der Waals surface area (Å²) in [5, 5.41) is 2.53. The van der Waals surface area contributed by atoms with E-state index in [-0.39, 0.29) is 0 Å². The lowest BCUT2D eigenvalue weighted by molar-refractivity contribution is 0.224. The standard InChI is InChI=1S/C29H42N6/c1-4-14-33(6-3)16-13-23-20-35(28-11-10-24(30)18-26(23)28)21-34(15-5-2)17-12-22-19-32-29-25(22)8-7-9-27(29)31/h7-11,18-20,32H,4-6,12-17,21,30-31H2,1-3H3. The molecule has 0 aliphatic carbocycles. The summed E-state index contributed by atoms with van der Waals surface area (Å²) in [6.45, 7) is 13.0. The number of anilines is 2. The molecule has 4 rings (SSSR count). The highest BCUT2D eigenvalue weighted by Crippen LogP contribution is 2.26. The number of nitrogens with two attached hydrogens (primary N) is 2. The van der Waals surface area contributed by atoms with Gasteiger partial charge in [-0.3, -0.25) is 4.90 Å². The van der Waals surface area contributed by atoms with Gasteiger partial charge in [-0.2, -0.15) is 0 Å². The Hall–Kier alpha value is -2.96. The van der Waals surface area contributed by atoms with Crippen LogP contribution in [0, 0.1) is 0 Å². The fraction of sp³-hybridized carbons (Fsp3) is 0.448. The van der Waals surface area contributed by atoms with Crippen molar-refractivity contribution in [1.82, 2.24) is 19.4 Å². The first-order valence-electron chi connectivity index (χ1n) is 13.2. The minimum Gasteiger partial charge on any atom is -0.399 e. The van der Waals surface area contributed by atoms with E-state index in [1.54, 1.807) is 0 Å². The molecule has 2 heterocycles. The Morgan fingerprint density at radius 1 is 0.829 bits per heavy atom. The van der Waals surface area contributed by atoms with E-state index in [0.29, 0.717) is 0 Å². The van der Waals surface area contributed by atoms with Crippen LogP contribution in [0.25, 0.3) is 21.8 Å². The Balaban J connectivity index is 1.53. The molecule has 0 unspecified atom stereocenters. The highest BCUT2D eigenvalue weighted by Gasteiger charge is 2.14. The zero-order valence-electron chi connectivity index (χ0n) is 21.7. The van der Waals surface area contributed by atoms with Crippen molar-refractivity contribution in [2.24, 2.45) is 0 Å². The van der Waals surface area contributed by atoms with Gasteiger partial charge >= 0.3 is 0 Å². The van der Waals surface area contributed by atoms with E-state index in [4.69, 9.17) is 11.5 Å². The Labute approximate surface area is 209 Å². The maximum Gasteiger partial charge on any atom is 0.0751 e. The average molecular weight is 475 g/mol. The number of hydrogen-bond acceptors (Lipinski definition) is 4. The lowest BCUT2D eigenvalue weighted by Crippen LogP contribution is -2.29. The van der Waals surface area contributed by atoms with Gasteiger partial charge in [-0.05, 0) is 80.7 Å². The fourth-order valence-corrected chi connectivity index (χ4v) is 5.23. The van der Waals surface area contributed by atoms with Crippen molar-refractivity contribution in [3.8, 4) is 0 Å². The second kappa shape index (κ2) is 11.6. The second-order valence-corrected chi connectivity index (χ2v) is 9.68. The number of aromatic nitrogens is 2. The quantitative estimate of drug-likeness (QED) is 0.224. The predicted octanol–water partition coefficient (Wildman–Crippen LogP) is 5.47. The molecule has 0 bridgehead atoms. The van der Waals surface area contributed by atoms with Crippen molar-refractivity contribution < 1.29 is 0 Å². The van der Waals surface area contributed by atoms with Gasteiger partial charge in [0.25, 0.3) is 0 Å². The molecule has 0 saturated heterocycles. The number of aromatic amines is 1. The van der Waals surface area contributed by atoms with Crippen LogP contribution >= 0.6 is 0 Å². The van der Waals surface area contributed by atoms with Crippen LogP contribution in [0.4, 0.5) is 11.4 Å². The van der Waals surface area contributed by atoms with Crippen molar-refractivity contribution in [2.75, 3.05) is 44.2 Å². The molecule has 6 heteroatoms. The molecule has 0 spiro atoms. The SMILES string of the molecule is CCCN(CC)CCc1cn(CN(CCC)CCc2c[nH]c3c(N)cccc23)c2ccc(N)cc12. The summed E-state index contributed by atoms with van der Waals surface area (Å²) in [5.74, 6) is 0. The summed E-state index contributed by atoms with van der Waals surface area (Å²) in [6.07, 6.45) is 8.84. The highest BCUT2D eigenvalue weighted by molar-refractivity contribution is 5.92. The average Bonchev–Trinajstić information content (AvgIpc) is 3.42. The van der Waals surface area contributed by atoms with Gasteiger partial charge in [-0.25, -0.2) is 0 Å². The van der Waals surface area contributed by atoms with Crippen LogP contribution in [0.2, 0.25) is 0 Å². The number of nitrogens with zero attached hydrogens (tertiary/aromatic N) is 3. The highest BCUT2D eigenvalue weighted by atomic mass is 15.2. The largest absolute Gasteiger partial charge is 0.399 e. The number of nitrogen functional groups attached to an aromatic ring is 2. The van der Waals surface area contributed by atoms with Crippen LogP contribution in [0.15, 0.2) is 48.8 Å². The molecule has 6 nitrogen and oxygen atoms in total. The summed E-state index contributed by atoms with van der Waals surface area (Å²) < 4.78 is 2.42. The van der Waals surface area contributed by atoms with Gasteiger partial charge in [0.2, 0.25) is 0 Å². The molecule has 0 atom stereocenters. The molecule has 0 radical (unpaired) electrons. The number of likely N-dealkylation sites (N-methyl/N-ethyl adjacent to an activating group) is 1. The van der Waals surface area contributed by atoms with Crippen molar-refractivity contribution in [2.45, 2.75) is 53.1 Å². The summed E-state index contributed by atoms with van der Waals surface area (Å²) in [7, 11) is 0. The van der Waals surface area contributed by atoms with Crippen LogP contribution in [-0.4, -0.2) is 52.1 Å². The number of H-pyrrole nitrogens is 1. The normalized spacial score (nSPS) is 12.0. The number of rotatable bonds is 13. The lowest BCUT2D eigenvalue weighted by atomic mass is 10.1. The monoisotopic (exact) mass is 474 g/mol. The maximum atomic E-state index is 6.20. The van der Waals surface area contributed by atoms with Crippen LogP contribution < -0.4 is 11.5 Å². The smallest absolute Gasteiger partial charge is 0.0751 e. The zero-order chi connectivity index (χ0) is 24.8. The Kier molecular flexibility index (Phi) is 8.37. The molecule has 0 saturated carbocycles. The van der Waals surface area contributed by atoms with Gasteiger partial charge in [0.15, 0.2) is 0 Å². The van der Waals surface area contributed by atoms with Gasteiger partial charge in [0.05, 0.1) is 17.9 Å². The molecule has 0 fully saturated rings. The van der Waals surface area contributed by atoms with E-state index in [0.717, 1.165) is 75.5 Å². The van der Waals surface area contributed by atoms with E-state index in [9.17, 15) is 0 Å². The van der Waals surface area contributed by atoms with Gasteiger partial charge < -0.3 is 25.9 Å². The van der Waals surface area contributed by atoms with E-state index in [1.165, 1.54) is 33.8 Å². The molecule has 0 aliphatic rings. The topological polar surface area (TPSA) is 79.2 Å². The number of fused-ring (bicyclic) bond motifs is 2. The molecule has 5 N–H and O–H groups in total. The minimum absolute atomic E-state index is 0.811. The molecule has 188 valence electrons. The molecule has 35 heavy (non-hydrogen) atoms. The first-order valence-corrected chi connectivity index (χ1v) is 13.2. The number of benzene rings is 2. The summed E-state index contributed by atoms with van der Waals surface area (Å²) in [5.41, 5.74) is 19.0. The van der Waals surface area contributed by atoms with Crippen LogP contribution in [0.1, 0.15) is 44.7 Å². The summed E-state index contributed by atoms with van der Waals surface area (Å²) in [4.78, 5) is 8.46. The molecule has 0 aliphatic heterocycles. The van der Waals surface area contributed by atoms with E-state index in [1.807, 2.05) is 18.2 Å². The Morgan fingerprint density at radius 3 is 2.34 bits per heavy atom. The van der Waals surface area contributed by atoms with Crippen molar-refractivity contribution in [3.63, 3.8) is 0 Å². The summed E-state index contributed by atoms with van der Waals surface area (Å²) >= 11 is 0. The first kappa shape index (κ1) is 25.1. The third-order valence-electron chi connectivity index (χ3n) is 7.10. The molecule has 0 amide bonds.